The molecule has 8 heteroatoms. The Labute approximate surface area is 149 Å². The summed E-state index contributed by atoms with van der Waals surface area (Å²) < 4.78 is 13.7. The van der Waals surface area contributed by atoms with Crippen molar-refractivity contribution in [3.63, 3.8) is 0 Å². The first kappa shape index (κ1) is 16.4. The van der Waals surface area contributed by atoms with Gasteiger partial charge in [-0.05, 0) is 23.8 Å². The first-order valence-electron chi connectivity index (χ1n) is 6.46. The highest BCUT2D eigenvalue weighted by Crippen LogP contribution is 2.32. The maximum atomic E-state index is 12.9. The number of amides is 1. The van der Waals surface area contributed by atoms with Gasteiger partial charge in [0.15, 0.2) is 5.13 Å². The Bertz CT molecular complexity index is 846. The molecule has 0 saturated heterocycles. The Balaban J connectivity index is 1.68. The average Bonchev–Trinajstić information content (AvgIpc) is 3.07. The second-order valence-electron chi connectivity index (χ2n) is 4.63. The third kappa shape index (κ3) is 4.09. The molecule has 0 aliphatic heterocycles. The van der Waals surface area contributed by atoms with Crippen LogP contribution in [0.1, 0.15) is 20.8 Å². The largest absolute Gasteiger partial charge is 0.298 e. The van der Waals surface area contributed by atoms with Crippen molar-refractivity contribution in [1.29, 1.82) is 0 Å². The molecule has 1 amide bonds. The van der Waals surface area contributed by atoms with Crippen molar-refractivity contribution in [3.8, 4) is 0 Å². The first-order chi connectivity index (χ1) is 11.0. The number of nitrogens with zero attached hydrogens (tertiary/aromatic N) is 1. The van der Waals surface area contributed by atoms with Gasteiger partial charge in [-0.25, -0.2) is 9.37 Å². The van der Waals surface area contributed by atoms with Gasteiger partial charge < -0.3 is 0 Å². The van der Waals surface area contributed by atoms with Gasteiger partial charge in [0.25, 0.3) is 5.91 Å². The zero-order chi connectivity index (χ0) is 16.4. The van der Waals surface area contributed by atoms with Crippen molar-refractivity contribution in [2.75, 3.05) is 5.32 Å². The molecular weight excluding hydrogens is 378 g/mol. The number of thiophene rings is 1. The molecule has 3 nitrogen and oxygen atoms in total. The predicted octanol–water partition coefficient (Wildman–Crippen LogP) is 5.49. The van der Waals surface area contributed by atoms with Gasteiger partial charge in [0.2, 0.25) is 0 Å². The average molecular weight is 387 g/mol. The standard InChI is InChI=1S/C15H9Cl2FN2OS2/c16-12-6-11(13(17)23-12)14(21)20-15-19-7-10(22-15)5-8-1-3-9(18)4-2-8/h1-4,6-7H,5H2,(H,19,20,21). The van der Waals surface area contributed by atoms with Crippen LogP contribution in [0.2, 0.25) is 8.67 Å². The van der Waals surface area contributed by atoms with Crippen LogP contribution in [0.4, 0.5) is 9.52 Å². The molecule has 0 fully saturated rings. The second kappa shape index (κ2) is 6.97. The van der Waals surface area contributed by atoms with Crippen molar-refractivity contribution in [2.24, 2.45) is 0 Å². The van der Waals surface area contributed by atoms with Crippen LogP contribution >= 0.6 is 45.9 Å². The molecule has 0 radical (unpaired) electrons. The number of carbonyl (C=O) groups excluding carboxylic acids is 1. The number of nitrogens with one attached hydrogen (secondary N) is 1. The molecule has 0 aliphatic carbocycles. The minimum absolute atomic E-state index is 0.266. The number of benzene rings is 1. The first-order valence-corrected chi connectivity index (χ1v) is 8.85. The third-order valence-electron chi connectivity index (χ3n) is 2.97. The van der Waals surface area contributed by atoms with Crippen molar-refractivity contribution in [1.82, 2.24) is 4.98 Å². The lowest BCUT2D eigenvalue weighted by molar-refractivity contribution is 0.102. The van der Waals surface area contributed by atoms with Crippen LogP contribution in [0, 0.1) is 5.82 Å². The minimum atomic E-state index is -0.346. The fourth-order valence-electron chi connectivity index (χ4n) is 1.91. The van der Waals surface area contributed by atoms with Gasteiger partial charge in [-0.1, -0.05) is 35.3 Å². The Morgan fingerprint density at radius 1 is 1.22 bits per heavy atom. The minimum Gasteiger partial charge on any atom is -0.298 e. The fourth-order valence-corrected chi connectivity index (χ4v) is 4.21. The van der Waals surface area contributed by atoms with Crippen LogP contribution in [0.5, 0.6) is 0 Å². The molecule has 23 heavy (non-hydrogen) atoms. The zero-order valence-corrected chi connectivity index (χ0v) is 14.6. The van der Waals surface area contributed by atoms with Crippen LogP contribution in [0.25, 0.3) is 0 Å². The highest BCUT2D eigenvalue weighted by molar-refractivity contribution is 7.20. The maximum Gasteiger partial charge on any atom is 0.259 e. The van der Waals surface area contributed by atoms with E-state index in [4.69, 9.17) is 23.2 Å². The Morgan fingerprint density at radius 2 is 1.96 bits per heavy atom. The second-order valence-corrected chi connectivity index (χ2v) is 8.03. The molecule has 2 aromatic heterocycles. The number of rotatable bonds is 4. The van der Waals surface area contributed by atoms with Gasteiger partial charge in [0.1, 0.15) is 10.2 Å². The molecule has 3 rings (SSSR count). The number of carbonyl (C=O) groups is 1. The summed E-state index contributed by atoms with van der Waals surface area (Å²) in [5.41, 5.74) is 1.30. The van der Waals surface area contributed by atoms with Crippen LogP contribution in [-0.4, -0.2) is 10.9 Å². The van der Waals surface area contributed by atoms with E-state index < -0.39 is 0 Å². The smallest absolute Gasteiger partial charge is 0.259 e. The van der Waals surface area contributed by atoms with Crippen molar-refractivity contribution < 1.29 is 9.18 Å². The molecular formula is C15H9Cl2FN2OS2. The van der Waals surface area contributed by atoms with Crippen LogP contribution in [0.15, 0.2) is 36.5 Å². The third-order valence-corrected chi connectivity index (χ3v) is 5.37. The van der Waals surface area contributed by atoms with Crippen molar-refractivity contribution in [2.45, 2.75) is 6.42 Å². The van der Waals surface area contributed by atoms with E-state index in [0.29, 0.717) is 25.8 Å². The molecule has 0 aliphatic rings. The quantitative estimate of drug-likeness (QED) is 0.643. The van der Waals surface area contributed by atoms with Gasteiger partial charge in [-0.15, -0.1) is 22.7 Å². The van der Waals surface area contributed by atoms with Gasteiger partial charge in [0, 0.05) is 17.5 Å². The Morgan fingerprint density at radius 3 is 2.61 bits per heavy atom. The van der Waals surface area contributed by atoms with Gasteiger partial charge >= 0.3 is 0 Å². The lowest BCUT2D eigenvalue weighted by Gasteiger charge is -1.99. The Hall–Kier alpha value is -1.47. The van der Waals surface area contributed by atoms with E-state index in [1.807, 2.05) is 0 Å². The highest BCUT2D eigenvalue weighted by atomic mass is 35.5. The summed E-state index contributed by atoms with van der Waals surface area (Å²) in [5.74, 6) is -0.613. The van der Waals surface area contributed by atoms with E-state index in [1.165, 1.54) is 29.5 Å². The van der Waals surface area contributed by atoms with Gasteiger partial charge in [-0.2, -0.15) is 0 Å². The molecule has 0 spiro atoms. The number of halogens is 3. The van der Waals surface area contributed by atoms with Crippen LogP contribution in [0.3, 0.4) is 0 Å². The van der Waals surface area contributed by atoms with Crippen molar-refractivity contribution in [3.05, 3.63) is 67.0 Å². The topological polar surface area (TPSA) is 42.0 Å². The van der Waals surface area contributed by atoms with Gasteiger partial charge in [-0.3, -0.25) is 10.1 Å². The number of aromatic nitrogens is 1. The number of hydrogen-bond acceptors (Lipinski definition) is 4. The van der Waals surface area contributed by atoms with E-state index in [0.717, 1.165) is 21.8 Å². The lowest BCUT2D eigenvalue weighted by Crippen LogP contribution is -2.10. The molecule has 0 saturated carbocycles. The molecule has 1 N–H and O–H groups in total. The molecule has 0 bridgehead atoms. The van der Waals surface area contributed by atoms with Crippen molar-refractivity contribution >= 4 is 56.9 Å². The summed E-state index contributed by atoms with van der Waals surface area (Å²) in [6.45, 7) is 0. The number of hydrogen-bond donors (Lipinski definition) is 1. The monoisotopic (exact) mass is 386 g/mol. The number of thiazole rings is 1. The van der Waals surface area contributed by atoms with E-state index in [2.05, 4.69) is 10.3 Å². The lowest BCUT2D eigenvalue weighted by atomic mass is 10.1. The summed E-state index contributed by atoms with van der Waals surface area (Å²) in [5, 5.41) is 3.18. The van der Waals surface area contributed by atoms with E-state index in [-0.39, 0.29) is 11.7 Å². The summed E-state index contributed by atoms with van der Waals surface area (Å²) in [4.78, 5) is 17.3. The summed E-state index contributed by atoms with van der Waals surface area (Å²) in [7, 11) is 0. The highest BCUT2D eigenvalue weighted by Gasteiger charge is 2.15. The molecule has 2 heterocycles. The zero-order valence-electron chi connectivity index (χ0n) is 11.5. The molecule has 118 valence electrons. The summed E-state index contributed by atoms with van der Waals surface area (Å²) >= 11 is 14.3. The van der Waals surface area contributed by atoms with Gasteiger partial charge in [0.05, 0.1) is 9.90 Å². The molecule has 0 atom stereocenters. The molecule has 1 aromatic carbocycles. The normalized spacial score (nSPS) is 10.7. The fraction of sp³-hybridized carbons (Fsp3) is 0.0667. The summed E-state index contributed by atoms with van der Waals surface area (Å²) in [6, 6.07) is 7.81. The maximum absolute atomic E-state index is 12.9. The van der Waals surface area contributed by atoms with E-state index >= 15 is 0 Å². The van der Waals surface area contributed by atoms with Crippen LogP contribution < -0.4 is 5.32 Å². The summed E-state index contributed by atoms with van der Waals surface area (Å²) in [6.07, 6.45) is 2.31. The molecule has 0 unspecified atom stereocenters. The SMILES string of the molecule is O=C(Nc1ncc(Cc2ccc(F)cc2)s1)c1cc(Cl)sc1Cl. The molecule has 3 aromatic rings. The predicted molar refractivity (Wildman–Crippen MR) is 93.6 cm³/mol. The van der Waals surface area contributed by atoms with E-state index in [1.54, 1.807) is 18.3 Å². The Kier molecular flexibility index (Phi) is 4.96. The number of anilines is 1. The van der Waals surface area contributed by atoms with E-state index in [9.17, 15) is 9.18 Å². The van der Waals surface area contributed by atoms with Crippen LogP contribution in [-0.2, 0) is 6.42 Å².